The first-order valence-electron chi connectivity index (χ1n) is 9.85. The Morgan fingerprint density at radius 1 is 1.14 bits per heavy atom. The molecule has 29 heavy (non-hydrogen) atoms. The number of ether oxygens (including phenoxy) is 1. The Balaban J connectivity index is 1.63. The molecule has 0 radical (unpaired) electrons. The van der Waals surface area contributed by atoms with Gasteiger partial charge in [0.2, 0.25) is 11.8 Å². The van der Waals surface area contributed by atoms with Crippen molar-refractivity contribution in [1.29, 1.82) is 0 Å². The maximum absolute atomic E-state index is 12.6. The lowest BCUT2D eigenvalue weighted by molar-refractivity contribution is -0.163. The Bertz CT molecular complexity index is 831. The topological polar surface area (TPSA) is 92.8 Å². The van der Waals surface area contributed by atoms with Gasteiger partial charge in [0.05, 0.1) is 11.8 Å². The van der Waals surface area contributed by atoms with Crippen LogP contribution in [0.4, 0.5) is 5.69 Å². The second kappa shape index (κ2) is 8.53. The second-order valence-corrected chi connectivity index (χ2v) is 8.18. The smallest absolute Gasteiger partial charge is 0.329 e. The van der Waals surface area contributed by atoms with E-state index in [4.69, 9.17) is 16.3 Å². The number of esters is 1. The van der Waals surface area contributed by atoms with E-state index in [-0.39, 0.29) is 23.7 Å². The Morgan fingerprint density at radius 2 is 1.72 bits per heavy atom. The summed E-state index contributed by atoms with van der Waals surface area (Å²) in [4.78, 5) is 51.2. The molecular weight excluding hydrogens is 396 g/mol. The van der Waals surface area contributed by atoms with Crippen molar-refractivity contribution in [2.75, 3.05) is 5.32 Å². The quantitative estimate of drug-likeness (QED) is 0.583. The van der Waals surface area contributed by atoms with E-state index in [2.05, 4.69) is 5.32 Å². The number of benzene rings is 1. The molecule has 0 spiro atoms. The molecule has 1 aromatic rings. The third-order valence-electron chi connectivity index (χ3n) is 5.72. The van der Waals surface area contributed by atoms with Crippen molar-refractivity contribution in [2.24, 2.45) is 11.8 Å². The molecule has 1 saturated carbocycles. The highest BCUT2D eigenvalue weighted by atomic mass is 35.5. The van der Waals surface area contributed by atoms with Gasteiger partial charge in [-0.1, -0.05) is 30.5 Å². The van der Waals surface area contributed by atoms with Gasteiger partial charge >= 0.3 is 5.97 Å². The van der Waals surface area contributed by atoms with Crippen LogP contribution in [0.5, 0.6) is 0 Å². The molecule has 3 rings (SSSR count). The summed E-state index contributed by atoms with van der Waals surface area (Å²) in [6.45, 7) is 4.71. The van der Waals surface area contributed by atoms with Crippen molar-refractivity contribution in [3.63, 3.8) is 0 Å². The number of nitrogens with one attached hydrogen (secondary N) is 1. The van der Waals surface area contributed by atoms with Crippen LogP contribution in [0.3, 0.4) is 0 Å². The Kier molecular flexibility index (Phi) is 6.27. The average molecular weight is 421 g/mol. The number of rotatable bonds is 5. The van der Waals surface area contributed by atoms with E-state index < -0.39 is 24.0 Å². The van der Waals surface area contributed by atoms with Gasteiger partial charge < -0.3 is 10.1 Å². The highest BCUT2D eigenvalue weighted by Crippen LogP contribution is 2.39. The minimum absolute atomic E-state index is 0.309. The number of hydrogen-bond acceptors (Lipinski definition) is 5. The summed E-state index contributed by atoms with van der Waals surface area (Å²) in [6.07, 6.45) is 2.06. The van der Waals surface area contributed by atoms with E-state index in [1.165, 1.54) is 13.8 Å². The zero-order valence-corrected chi connectivity index (χ0v) is 17.5. The van der Waals surface area contributed by atoms with Crippen LogP contribution in [0.15, 0.2) is 18.2 Å². The summed E-state index contributed by atoms with van der Waals surface area (Å²) < 4.78 is 5.25. The van der Waals surface area contributed by atoms with Crippen LogP contribution < -0.4 is 5.32 Å². The Morgan fingerprint density at radius 3 is 2.31 bits per heavy atom. The molecule has 4 atom stereocenters. The minimum Gasteiger partial charge on any atom is -0.451 e. The van der Waals surface area contributed by atoms with Crippen LogP contribution in [0.1, 0.15) is 45.1 Å². The molecule has 2 fully saturated rings. The molecule has 8 heteroatoms. The summed E-state index contributed by atoms with van der Waals surface area (Å²) in [7, 11) is 0. The molecule has 1 aromatic carbocycles. The number of hydrogen-bond donors (Lipinski definition) is 1. The Labute approximate surface area is 174 Å². The van der Waals surface area contributed by atoms with Gasteiger partial charge in [0.1, 0.15) is 6.04 Å². The van der Waals surface area contributed by atoms with E-state index >= 15 is 0 Å². The molecule has 1 saturated heterocycles. The number of nitrogens with zero attached hydrogens (tertiary/aromatic N) is 1. The van der Waals surface area contributed by atoms with Crippen molar-refractivity contribution >= 4 is 41.0 Å². The standard InChI is InChI=1S/C21H25ClN2O5/c1-11-8-9-14(22)10-17(11)23-18(25)13(3)29-21(28)12(2)24-19(26)15-6-4-5-7-16(15)20(24)27/h8-10,12-13,15-16H,4-7H2,1-3H3,(H,23,25)/t12-,13?,15?,16?/m0/s1. The normalized spacial score (nSPS) is 23.4. The maximum Gasteiger partial charge on any atom is 0.329 e. The predicted molar refractivity (Wildman–Crippen MR) is 107 cm³/mol. The number of amides is 3. The fraction of sp³-hybridized carbons (Fsp3) is 0.524. The number of anilines is 1. The average Bonchev–Trinajstić information content (AvgIpc) is 2.94. The van der Waals surface area contributed by atoms with Gasteiger partial charge in [-0.15, -0.1) is 0 Å². The van der Waals surface area contributed by atoms with E-state index in [1.807, 2.05) is 6.92 Å². The first-order valence-corrected chi connectivity index (χ1v) is 10.2. The molecule has 2 aliphatic rings. The summed E-state index contributed by atoms with van der Waals surface area (Å²) >= 11 is 5.95. The van der Waals surface area contributed by atoms with Crippen LogP contribution in [0.2, 0.25) is 5.02 Å². The molecule has 0 bridgehead atoms. The van der Waals surface area contributed by atoms with Crippen LogP contribution >= 0.6 is 11.6 Å². The number of fused-ring (bicyclic) bond motifs is 1. The van der Waals surface area contributed by atoms with Gasteiger partial charge in [-0.2, -0.15) is 0 Å². The fourth-order valence-corrected chi connectivity index (χ4v) is 4.14. The van der Waals surface area contributed by atoms with E-state index in [0.29, 0.717) is 23.6 Å². The number of aryl methyl sites for hydroxylation is 1. The molecule has 1 N–H and O–H groups in total. The summed E-state index contributed by atoms with van der Waals surface area (Å²) in [5.74, 6) is -2.60. The van der Waals surface area contributed by atoms with Gasteiger partial charge in [0.15, 0.2) is 6.10 Å². The molecule has 156 valence electrons. The summed E-state index contributed by atoms with van der Waals surface area (Å²) in [5.41, 5.74) is 1.33. The highest BCUT2D eigenvalue weighted by molar-refractivity contribution is 6.31. The molecule has 7 nitrogen and oxygen atoms in total. The minimum atomic E-state index is -1.10. The van der Waals surface area contributed by atoms with Gasteiger partial charge in [-0.3, -0.25) is 19.3 Å². The van der Waals surface area contributed by atoms with Gasteiger partial charge in [0.25, 0.3) is 5.91 Å². The van der Waals surface area contributed by atoms with E-state index in [9.17, 15) is 19.2 Å². The van der Waals surface area contributed by atoms with E-state index in [0.717, 1.165) is 23.3 Å². The lowest BCUT2D eigenvalue weighted by atomic mass is 9.81. The monoisotopic (exact) mass is 420 g/mol. The SMILES string of the molecule is Cc1ccc(Cl)cc1NC(=O)C(C)OC(=O)[C@H](C)N1C(=O)C2CCCCC2C1=O. The van der Waals surface area contributed by atoms with E-state index in [1.54, 1.807) is 18.2 Å². The lowest BCUT2D eigenvalue weighted by Gasteiger charge is -2.23. The van der Waals surface area contributed by atoms with Gasteiger partial charge in [-0.25, -0.2) is 4.79 Å². The number of carbonyl (C=O) groups excluding carboxylic acids is 4. The third-order valence-corrected chi connectivity index (χ3v) is 5.96. The number of carbonyl (C=O) groups is 4. The fourth-order valence-electron chi connectivity index (χ4n) is 3.96. The van der Waals surface area contributed by atoms with Crippen LogP contribution in [0, 0.1) is 18.8 Å². The predicted octanol–water partition coefficient (Wildman–Crippen LogP) is 3.08. The number of halogens is 1. The lowest BCUT2D eigenvalue weighted by Crippen LogP contribution is -2.46. The van der Waals surface area contributed by atoms with Crippen molar-refractivity contribution in [1.82, 2.24) is 4.90 Å². The van der Waals surface area contributed by atoms with Crippen molar-refractivity contribution in [3.05, 3.63) is 28.8 Å². The number of imide groups is 1. The van der Waals surface area contributed by atoms with Gasteiger partial charge in [0, 0.05) is 10.7 Å². The molecule has 1 aliphatic carbocycles. The highest BCUT2D eigenvalue weighted by Gasteiger charge is 2.51. The maximum atomic E-state index is 12.6. The largest absolute Gasteiger partial charge is 0.451 e. The van der Waals surface area contributed by atoms with Crippen molar-refractivity contribution in [2.45, 2.75) is 58.6 Å². The molecule has 0 aromatic heterocycles. The molecular formula is C21H25ClN2O5. The van der Waals surface area contributed by atoms with Crippen LogP contribution in [0.25, 0.3) is 0 Å². The third kappa shape index (κ3) is 4.29. The van der Waals surface area contributed by atoms with Crippen molar-refractivity contribution in [3.8, 4) is 0 Å². The number of likely N-dealkylation sites (tertiary alicyclic amines) is 1. The van der Waals surface area contributed by atoms with Crippen LogP contribution in [-0.4, -0.2) is 40.7 Å². The second-order valence-electron chi connectivity index (χ2n) is 7.75. The molecule has 1 aliphatic heterocycles. The molecule has 3 amide bonds. The first-order chi connectivity index (χ1) is 13.7. The Hall–Kier alpha value is -2.41. The molecule has 3 unspecified atom stereocenters. The zero-order valence-electron chi connectivity index (χ0n) is 16.7. The molecule has 1 heterocycles. The summed E-state index contributed by atoms with van der Waals surface area (Å²) in [6, 6.07) is 4.01. The van der Waals surface area contributed by atoms with Crippen LogP contribution in [-0.2, 0) is 23.9 Å². The van der Waals surface area contributed by atoms with Crippen molar-refractivity contribution < 1.29 is 23.9 Å². The first kappa shape index (κ1) is 21.3. The summed E-state index contributed by atoms with van der Waals surface area (Å²) in [5, 5.41) is 3.14. The zero-order chi connectivity index (χ0) is 21.3. The van der Waals surface area contributed by atoms with Gasteiger partial charge in [-0.05, 0) is 51.3 Å².